The van der Waals surface area contributed by atoms with E-state index >= 15 is 35.1 Å². The van der Waals surface area contributed by atoms with Gasteiger partial charge in [-0.15, -0.1) is 21.9 Å². The van der Waals surface area contributed by atoms with Crippen LogP contribution in [-0.4, -0.2) is 46.8 Å². The third kappa shape index (κ3) is 7.89. The van der Waals surface area contributed by atoms with Gasteiger partial charge in [0.25, 0.3) is 0 Å². The molecule has 0 fully saturated rings. The molecule has 0 unspecified atom stereocenters. The maximum absolute atomic E-state index is 15.4. The van der Waals surface area contributed by atoms with Crippen molar-refractivity contribution in [1.82, 2.24) is 0 Å². The van der Waals surface area contributed by atoms with Crippen LogP contribution in [0.1, 0.15) is 1.43 Å². The average Bonchev–Trinajstić information content (AvgIpc) is 3.14. The van der Waals surface area contributed by atoms with Crippen molar-refractivity contribution in [3.63, 3.8) is 0 Å². The summed E-state index contributed by atoms with van der Waals surface area (Å²) in [4.78, 5) is 0. The van der Waals surface area contributed by atoms with Crippen molar-refractivity contribution in [2.45, 2.75) is 0 Å². The second-order valence-corrected chi connectivity index (χ2v) is 10.4. The van der Waals surface area contributed by atoms with E-state index in [9.17, 15) is 52.7 Å². The average molecular weight is 837 g/mol. The summed E-state index contributed by atoms with van der Waals surface area (Å²) in [7, 11) is 3.30. The molecule has 0 N–H and O–H groups in total. The Hall–Kier alpha value is -3.58. The maximum atomic E-state index is 15.4. The Bertz CT molecular complexity index is 1720. The largest absolute Gasteiger partial charge is 1.00 e. The smallest absolute Gasteiger partial charge is 1.00 e. The number of hydrogen-bond donors (Lipinski definition) is 0. The summed E-state index contributed by atoms with van der Waals surface area (Å²) < 4.78 is 309. The molecule has 0 bridgehead atoms. The molecule has 0 radical (unpaired) electrons. The molecule has 0 aliphatic heterocycles. The van der Waals surface area contributed by atoms with Gasteiger partial charge in [-0.2, -0.15) is 0 Å². The van der Waals surface area contributed by atoms with Crippen molar-refractivity contribution >= 4 is 28.0 Å². The Morgan fingerprint density at radius 3 is 0.582 bits per heavy atom. The molecule has 0 saturated heterocycles. The SMILES string of the molecule is COCCOCCOC.Fc1c(F)c(F)c([B-](c2c(F)c(F)c(F)c(F)c2F)(c2c(F)c(F)c(F)c(F)c2F)c2c(F)c(F)c(F)c(F)c2F)c(F)c1F.[H-].[Na+]. The molecule has 0 atom stereocenters. The van der Waals surface area contributed by atoms with E-state index in [0.717, 1.165) is 0 Å². The zero-order valence-electron chi connectivity index (χ0n) is 28.2. The van der Waals surface area contributed by atoms with E-state index in [4.69, 9.17) is 14.2 Å². The quantitative estimate of drug-likeness (QED) is 0.0809. The normalized spacial score (nSPS) is 11.5. The molecule has 0 amide bonds. The van der Waals surface area contributed by atoms with Crippen LogP contribution in [0.4, 0.5) is 87.8 Å². The van der Waals surface area contributed by atoms with E-state index in [-0.39, 0.29) is 31.0 Å². The minimum absolute atomic E-state index is 0. The Kier molecular flexibility index (Phi) is 16.1. The fourth-order valence-corrected chi connectivity index (χ4v) is 5.26. The molecule has 298 valence electrons. The van der Waals surface area contributed by atoms with Crippen molar-refractivity contribution in [2.24, 2.45) is 0 Å². The van der Waals surface area contributed by atoms with E-state index in [1.54, 1.807) is 14.2 Å². The zero-order valence-corrected chi connectivity index (χ0v) is 29.2. The zero-order chi connectivity index (χ0) is 41.3. The number of halogens is 20. The van der Waals surface area contributed by atoms with Gasteiger partial charge in [-0.05, 0) is 0 Å². The number of rotatable bonds is 10. The third-order valence-corrected chi connectivity index (χ3v) is 7.57. The Labute approximate surface area is 317 Å². The summed E-state index contributed by atoms with van der Waals surface area (Å²) in [5.41, 5.74) is -14.3. The van der Waals surface area contributed by atoms with Crippen molar-refractivity contribution in [3.8, 4) is 0 Å². The first kappa shape index (κ1) is 47.6. The van der Waals surface area contributed by atoms with Gasteiger partial charge in [-0.25, -0.2) is 87.8 Å². The molecule has 4 aromatic rings. The Morgan fingerprint density at radius 2 is 0.436 bits per heavy atom. The second-order valence-electron chi connectivity index (χ2n) is 10.4. The second kappa shape index (κ2) is 18.6. The molecule has 55 heavy (non-hydrogen) atoms. The number of methoxy groups -OCH3 is 2. The molecular weight excluding hydrogens is 822 g/mol. The summed E-state index contributed by atoms with van der Waals surface area (Å²) >= 11 is 0. The number of benzene rings is 4. The van der Waals surface area contributed by atoms with Crippen LogP contribution in [0.25, 0.3) is 0 Å². The van der Waals surface area contributed by atoms with Gasteiger partial charge in [0.05, 0.1) is 26.4 Å². The van der Waals surface area contributed by atoms with Crippen molar-refractivity contribution in [2.75, 3.05) is 40.6 Å². The molecule has 0 aromatic heterocycles. The van der Waals surface area contributed by atoms with Gasteiger partial charge in [0.1, 0.15) is 52.7 Å². The predicted molar refractivity (Wildman–Crippen MR) is 145 cm³/mol. The first-order chi connectivity index (χ1) is 25.1. The molecule has 0 saturated carbocycles. The monoisotopic (exact) mass is 837 g/mol. The minimum atomic E-state index is -7.22. The topological polar surface area (TPSA) is 27.7 Å². The molecule has 4 rings (SSSR count). The summed E-state index contributed by atoms with van der Waals surface area (Å²) in [6, 6.07) is 0. The first-order valence-corrected chi connectivity index (χ1v) is 13.9. The van der Waals surface area contributed by atoms with E-state index in [2.05, 4.69) is 0 Å². The van der Waals surface area contributed by atoms with Crippen LogP contribution in [0.15, 0.2) is 0 Å². The Morgan fingerprint density at radius 1 is 0.291 bits per heavy atom. The van der Waals surface area contributed by atoms with Crippen LogP contribution in [0.5, 0.6) is 0 Å². The Balaban J connectivity index is 0.00000127. The van der Waals surface area contributed by atoms with Gasteiger partial charge >= 0.3 is 29.6 Å². The van der Waals surface area contributed by atoms with Crippen LogP contribution in [0, 0.1) is 116 Å². The summed E-state index contributed by atoms with van der Waals surface area (Å²) in [6.07, 6.45) is -7.22. The van der Waals surface area contributed by atoms with Crippen LogP contribution in [-0.2, 0) is 14.2 Å². The molecule has 25 heteroatoms. The van der Waals surface area contributed by atoms with E-state index < -0.39 is 144 Å². The van der Waals surface area contributed by atoms with E-state index in [0.29, 0.717) is 26.4 Å². The molecule has 0 aliphatic rings. The molecule has 0 aliphatic carbocycles. The molecular formula is C30H15BF20NaO3-. The van der Waals surface area contributed by atoms with Gasteiger partial charge in [-0.1, -0.05) is 0 Å². The summed E-state index contributed by atoms with van der Waals surface area (Å²) in [5, 5.41) is 0. The molecule has 3 nitrogen and oxygen atoms in total. The van der Waals surface area contributed by atoms with Crippen LogP contribution in [0.2, 0.25) is 0 Å². The fraction of sp³-hybridized carbons (Fsp3) is 0.200. The van der Waals surface area contributed by atoms with Gasteiger partial charge < -0.3 is 15.6 Å². The standard InChI is InChI=1S/C24BF20.C6H14O3.Na.H/c26-5-1(6(27)14(35)21(42)13(5)34)25(2-7(28)15(36)22(43)16(37)8(2)29,3-9(30)17(38)23(44)18(39)10(3)31)4-11(32)19(40)24(45)20(41)12(4)33;1-7-3-5-9-6-4-8-2;;/h;3-6H2,1-2H3;;/q-1;;+1;-1. The minimum Gasteiger partial charge on any atom is -1.00 e. The molecule has 0 heterocycles. The van der Waals surface area contributed by atoms with Gasteiger partial charge in [-0.3, -0.25) is 0 Å². The van der Waals surface area contributed by atoms with Crippen LogP contribution in [0.3, 0.4) is 0 Å². The van der Waals surface area contributed by atoms with Crippen molar-refractivity contribution in [3.05, 3.63) is 116 Å². The van der Waals surface area contributed by atoms with Crippen molar-refractivity contribution < 1.29 is 133 Å². The number of ether oxygens (including phenoxy) is 3. The van der Waals surface area contributed by atoms with Crippen molar-refractivity contribution in [1.29, 1.82) is 0 Å². The van der Waals surface area contributed by atoms with Crippen LogP contribution < -0.4 is 51.4 Å². The van der Waals surface area contributed by atoms with Crippen LogP contribution >= 0.6 is 0 Å². The number of hydrogen-bond acceptors (Lipinski definition) is 3. The molecule has 4 aromatic carbocycles. The molecule has 0 spiro atoms. The third-order valence-electron chi connectivity index (χ3n) is 7.57. The van der Waals surface area contributed by atoms with Gasteiger partial charge in [0, 0.05) is 14.2 Å². The van der Waals surface area contributed by atoms with Gasteiger partial charge in [0.2, 0.25) is 0 Å². The predicted octanol–water partition coefficient (Wildman–Crippen LogP) is 3.26. The fourth-order valence-electron chi connectivity index (χ4n) is 5.26. The van der Waals surface area contributed by atoms with E-state index in [1.165, 1.54) is 0 Å². The van der Waals surface area contributed by atoms with Gasteiger partial charge in [0.15, 0.2) is 69.8 Å². The summed E-state index contributed by atoms with van der Waals surface area (Å²) in [5.74, 6) is -71.4. The maximum Gasteiger partial charge on any atom is 1.00 e. The summed E-state index contributed by atoms with van der Waals surface area (Å²) in [6.45, 7) is 2.62. The first-order valence-electron chi connectivity index (χ1n) is 13.9. The van der Waals surface area contributed by atoms with E-state index in [1.807, 2.05) is 0 Å².